The fourth-order valence-corrected chi connectivity index (χ4v) is 4.25. The van der Waals surface area contributed by atoms with E-state index in [1.165, 1.54) is 22.0 Å². The van der Waals surface area contributed by atoms with Crippen molar-refractivity contribution >= 4 is 17.2 Å². The minimum absolute atomic E-state index is 0.144. The lowest BCUT2D eigenvalue weighted by molar-refractivity contribution is 0.0950. The molecular weight excluding hydrogens is 329 g/mol. The number of carbonyl (C=O) groups is 1. The number of fused-ring (bicyclic) bond motifs is 1. The van der Waals surface area contributed by atoms with E-state index in [1.54, 1.807) is 29.5 Å². The molecule has 0 saturated heterocycles. The number of carbonyl (C=O) groups excluding carboxylic acids is 1. The maximum atomic E-state index is 13.7. The predicted molar refractivity (Wildman–Crippen MR) is 86.6 cm³/mol. The van der Waals surface area contributed by atoms with Crippen molar-refractivity contribution in [1.29, 1.82) is 0 Å². The molecule has 24 heavy (non-hydrogen) atoms. The molecule has 0 fully saturated rings. The highest BCUT2D eigenvalue weighted by atomic mass is 32.1. The Labute approximate surface area is 141 Å². The van der Waals surface area contributed by atoms with E-state index < -0.39 is 0 Å². The van der Waals surface area contributed by atoms with Crippen LogP contribution in [0.25, 0.3) is 5.00 Å². The third-order valence-electron chi connectivity index (χ3n) is 4.08. The molecule has 0 unspecified atom stereocenters. The molecule has 0 spiro atoms. The molecule has 0 aliphatic heterocycles. The van der Waals surface area contributed by atoms with Crippen LogP contribution in [0.4, 0.5) is 4.39 Å². The molecule has 1 aromatic carbocycles. The fourth-order valence-electron chi connectivity index (χ4n) is 2.95. The Hall–Kier alpha value is -2.61. The third kappa shape index (κ3) is 2.58. The highest BCUT2D eigenvalue weighted by Crippen LogP contribution is 2.37. The lowest BCUT2D eigenvalue weighted by atomic mass is 10.1. The number of benzene rings is 1. The Kier molecular flexibility index (Phi) is 3.81. The topological polar surface area (TPSA) is 72.7 Å². The summed E-state index contributed by atoms with van der Waals surface area (Å²) in [6, 6.07) is 6.42. The number of hydrogen-bond donors (Lipinski definition) is 1. The van der Waals surface area contributed by atoms with Gasteiger partial charge < -0.3 is 5.32 Å². The van der Waals surface area contributed by atoms with Crippen LogP contribution in [0.15, 0.2) is 30.6 Å². The van der Waals surface area contributed by atoms with E-state index in [2.05, 4.69) is 20.8 Å². The quantitative estimate of drug-likeness (QED) is 0.789. The molecule has 8 heteroatoms. The van der Waals surface area contributed by atoms with Gasteiger partial charge in [0.05, 0.1) is 5.56 Å². The number of aryl methyl sites for hydroxylation is 1. The molecule has 6 nitrogen and oxygen atoms in total. The second-order valence-electron chi connectivity index (χ2n) is 5.57. The third-order valence-corrected chi connectivity index (χ3v) is 5.37. The summed E-state index contributed by atoms with van der Waals surface area (Å²) in [5, 5.41) is 14.7. The molecule has 0 radical (unpaired) electrons. The summed E-state index contributed by atoms with van der Waals surface area (Å²) in [6.45, 7) is 0.144. The van der Waals surface area contributed by atoms with Gasteiger partial charge in [0, 0.05) is 17.0 Å². The smallest absolute Gasteiger partial charge is 0.254 e. The van der Waals surface area contributed by atoms with Gasteiger partial charge in [0.15, 0.2) is 0 Å². The number of aromatic nitrogens is 4. The van der Waals surface area contributed by atoms with Gasteiger partial charge in [-0.3, -0.25) is 4.79 Å². The fraction of sp³-hybridized carbons (Fsp3) is 0.250. The minimum atomic E-state index is -0.325. The predicted octanol–water partition coefficient (Wildman–Crippen LogP) is 2.28. The number of nitrogens with one attached hydrogen (secondary N) is 1. The zero-order chi connectivity index (χ0) is 16.5. The number of thiophene rings is 1. The lowest BCUT2D eigenvalue weighted by Crippen LogP contribution is -2.25. The lowest BCUT2D eigenvalue weighted by Gasteiger charge is -2.08. The van der Waals surface area contributed by atoms with E-state index in [-0.39, 0.29) is 18.3 Å². The number of halogens is 1. The van der Waals surface area contributed by atoms with Crippen LogP contribution in [-0.4, -0.2) is 26.1 Å². The zero-order valence-corrected chi connectivity index (χ0v) is 13.5. The number of nitrogens with zero attached hydrogens (tertiary/aromatic N) is 4. The van der Waals surface area contributed by atoms with Crippen LogP contribution in [0.1, 0.15) is 32.8 Å². The highest BCUT2D eigenvalue weighted by Gasteiger charge is 2.27. The van der Waals surface area contributed by atoms with Crippen LogP contribution in [-0.2, 0) is 19.4 Å². The molecule has 1 aliphatic carbocycles. The molecule has 0 bridgehead atoms. The molecule has 0 saturated carbocycles. The average molecular weight is 343 g/mol. The summed E-state index contributed by atoms with van der Waals surface area (Å²) in [5.41, 5.74) is 2.13. The van der Waals surface area contributed by atoms with Crippen molar-refractivity contribution in [1.82, 2.24) is 25.5 Å². The first-order valence-electron chi connectivity index (χ1n) is 7.63. The number of rotatable bonds is 4. The molecule has 2 heterocycles. The first-order valence-corrected chi connectivity index (χ1v) is 8.45. The van der Waals surface area contributed by atoms with E-state index in [0.29, 0.717) is 11.1 Å². The molecule has 1 N–H and O–H groups in total. The van der Waals surface area contributed by atoms with Crippen molar-refractivity contribution < 1.29 is 9.18 Å². The number of tetrazole rings is 1. The van der Waals surface area contributed by atoms with Gasteiger partial charge in [-0.1, -0.05) is 18.2 Å². The van der Waals surface area contributed by atoms with Crippen LogP contribution in [0.3, 0.4) is 0 Å². The summed E-state index contributed by atoms with van der Waals surface area (Å²) >= 11 is 1.55. The van der Waals surface area contributed by atoms with E-state index in [4.69, 9.17) is 0 Å². The van der Waals surface area contributed by atoms with Gasteiger partial charge in [-0.25, -0.2) is 4.39 Å². The Morgan fingerprint density at radius 2 is 2.21 bits per heavy atom. The largest absolute Gasteiger partial charge is 0.348 e. The first-order chi connectivity index (χ1) is 11.7. The molecule has 1 aliphatic rings. The molecule has 122 valence electrons. The van der Waals surface area contributed by atoms with Crippen LogP contribution in [0.2, 0.25) is 0 Å². The van der Waals surface area contributed by atoms with E-state index in [0.717, 1.165) is 29.8 Å². The summed E-state index contributed by atoms with van der Waals surface area (Å²) < 4.78 is 15.2. The van der Waals surface area contributed by atoms with Crippen LogP contribution in [0.5, 0.6) is 0 Å². The van der Waals surface area contributed by atoms with Crippen molar-refractivity contribution in [3.05, 3.63) is 58.0 Å². The van der Waals surface area contributed by atoms with Gasteiger partial charge in [-0.2, -0.15) is 4.68 Å². The normalized spacial score (nSPS) is 13.0. The molecular formula is C16H14FN5OS. The van der Waals surface area contributed by atoms with Gasteiger partial charge in [0.2, 0.25) is 0 Å². The molecule has 2 aromatic heterocycles. The SMILES string of the molecule is O=C(NCc1ccccc1F)c1c(-n2cnnn2)sc2c1CCC2. The maximum absolute atomic E-state index is 13.7. The van der Waals surface area contributed by atoms with Crippen molar-refractivity contribution in [2.45, 2.75) is 25.8 Å². The zero-order valence-electron chi connectivity index (χ0n) is 12.7. The molecule has 3 aromatic rings. The first kappa shape index (κ1) is 14.9. The number of hydrogen-bond acceptors (Lipinski definition) is 5. The Morgan fingerprint density at radius 3 is 3.00 bits per heavy atom. The average Bonchev–Trinajstić information content (AvgIpc) is 3.29. The highest BCUT2D eigenvalue weighted by molar-refractivity contribution is 7.15. The standard InChI is InChI=1S/C16H14FN5OS/c17-12-6-2-1-4-10(12)8-18-15(23)14-11-5-3-7-13(11)24-16(14)22-9-19-20-21-22/h1-2,4,6,9H,3,5,7-8H2,(H,18,23). The molecule has 0 atom stereocenters. The summed E-state index contributed by atoms with van der Waals surface area (Å²) in [6.07, 6.45) is 4.37. The van der Waals surface area contributed by atoms with Crippen molar-refractivity contribution in [2.75, 3.05) is 0 Å². The second-order valence-corrected chi connectivity index (χ2v) is 6.65. The van der Waals surface area contributed by atoms with Crippen LogP contribution >= 0.6 is 11.3 Å². The van der Waals surface area contributed by atoms with E-state index in [9.17, 15) is 9.18 Å². The van der Waals surface area contributed by atoms with Crippen LogP contribution < -0.4 is 5.32 Å². The van der Waals surface area contributed by atoms with Gasteiger partial charge in [0.25, 0.3) is 5.91 Å². The van der Waals surface area contributed by atoms with E-state index >= 15 is 0 Å². The Morgan fingerprint density at radius 1 is 1.33 bits per heavy atom. The minimum Gasteiger partial charge on any atom is -0.348 e. The molecule has 1 amide bonds. The van der Waals surface area contributed by atoms with Crippen LogP contribution in [0, 0.1) is 5.82 Å². The monoisotopic (exact) mass is 343 g/mol. The summed E-state index contributed by atoms with van der Waals surface area (Å²) in [7, 11) is 0. The van der Waals surface area contributed by atoms with Crippen molar-refractivity contribution in [3.63, 3.8) is 0 Å². The Balaban J connectivity index is 1.63. The number of amides is 1. The maximum Gasteiger partial charge on any atom is 0.254 e. The van der Waals surface area contributed by atoms with Crippen molar-refractivity contribution in [3.8, 4) is 5.00 Å². The van der Waals surface area contributed by atoms with Crippen molar-refractivity contribution in [2.24, 2.45) is 0 Å². The van der Waals surface area contributed by atoms with Gasteiger partial charge in [-0.15, -0.1) is 16.4 Å². The van der Waals surface area contributed by atoms with E-state index in [1.807, 2.05) is 0 Å². The Bertz CT molecular complexity index is 890. The second kappa shape index (κ2) is 6.12. The van der Waals surface area contributed by atoms with Gasteiger partial charge in [-0.05, 0) is 41.3 Å². The van der Waals surface area contributed by atoms with Gasteiger partial charge >= 0.3 is 0 Å². The summed E-state index contributed by atoms with van der Waals surface area (Å²) in [5.74, 6) is -0.544. The molecule has 4 rings (SSSR count). The van der Waals surface area contributed by atoms with Gasteiger partial charge in [0.1, 0.15) is 17.1 Å². The summed E-state index contributed by atoms with van der Waals surface area (Å²) in [4.78, 5) is 14.0.